The Morgan fingerprint density at radius 1 is 1.26 bits per heavy atom. The van der Waals surface area contributed by atoms with Crippen molar-refractivity contribution in [2.75, 3.05) is 6.54 Å². The van der Waals surface area contributed by atoms with E-state index >= 15 is 0 Å². The second-order valence-corrected chi connectivity index (χ2v) is 6.80. The molecule has 2 aromatic heterocycles. The molecule has 2 heterocycles. The van der Waals surface area contributed by atoms with Crippen LogP contribution in [0.1, 0.15) is 20.9 Å². The molecular weight excluding hydrogens is 386 g/mol. The lowest BCUT2D eigenvalue weighted by molar-refractivity contribution is -0.120. The molecule has 9 heteroatoms. The summed E-state index contributed by atoms with van der Waals surface area (Å²) in [6, 6.07) is 12.9. The van der Waals surface area contributed by atoms with Gasteiger partial charge in [-0.25, -0.2) is 10.1 Å². The van der Waals surface area contributed by atoms with E-state index in [2.05, 4.69) is 20.9 Å². The Hall–Kier alpha value is -2.97. The van der Waals surface area contributed by atoms with Crippen molar-refractivity contribution in [1.29, 1.82) is 0 Å². The van der Waals surface area contributed by atoms with E-state index in [-0.39, 0.29) is 12.5 Å². The largest absolute Gasteiger partial charge is 0.342 e. The van der Waals surface area contributed by atoms with Crippen LogP contribution in [-0.4, -0.2) is 34.4 Å². The van der Waals surface area contributed by atoms with Gasteiger partial charge in [0.1, 0.15) is 5.15 Å². The van der Waals surface area contributed by atoms with Gasteiger partial charge in [-0.3, -0.25) is 9.59 Å². The number of aromatic nitrogens is 2. The summed E-state index contributed by atoms with van der Waals surface area (Å²) in [5.74, 6) is -0.743. The van der Waals surface area contributed by atoms with Gasteiger partial charge < -0.3 is 5.32 Å². The van der Waals surface area contributed by atoms with Crippen LogP contribution >= 0.6 is 22.9 Å². The molecule has 2 amide bonds. The molecule has 27 heavy (non-hydrogen) atoms. The monoisotopic (exact) mass is 401 g/mol. The molecule has 0 saturated carbocycles. The van der Waals surface area contributed by atoms with Crippen LogP contribution in [0.15, 0.2) is 52.9 Å². The number of nitrogens with zero attached hydrogens (tertiary/aromatic N) is 3. The Morgan fingerprint density at radius 2 is 2.04 bits per heavy atom. The van der Waals surface area contributed by atoms with Crippen LogP contribution in [-0.2, 0) is 4.79 Å². The summed E-state index contributed by atoms with van der Waals surface area (Å²) >= 11 is 7.68. The van der Waals surface area contributed by atoms with Crippen molar-refractivity contribution >= 4 is 41.0 Å². The Balaban J connectivity index is 1.59. The molecule has 0 radical (unpaired) electrons. The predicted octanol–water partition coefficient (Wildman–Crippen LogP) is 2.78. The van der Waals surface area contributed by atoms with Crippen molar-refractivity contribution in [1.82, 2.24) is 20.5 Å². The zero-order valence-electron chi connectivity index (χ0n) is 14.3. The molecule has 138 valence electrons. The molecule has 1 aromatic carbocycles. The van der Waals surface area contributed by atoms with Crippen molar-refractivity contribution in [2.45, 2.75) is 6.92 Å². The molecule has 3 rings (SSSR count). The molecule has 2 N–H and O–H groups in total. The van der Waals surface area contributed by atoms with Crippen molar-refractivity contribution in [3.63, 3.8) is 0 Å². The van der Waals surface area contributed by atoms with Gasteiger partial charge in [-0.05, 0) is 30.5 Å². The normalized spacial score (nSPS) is 10.9. The van der Waals surface area contributed by atoms with E-state index in [0.717, 1.165) is 5.69 Å². The first-order valence-corrected chi connectivity index (χ1v) is 9.26. The fraction of sp³-hybridized carbons (Fsp3) is 0.111. The van der Waals surface area contributed by atoms with E-state index in [4.69, 9.17) is 11.6 Å². The molecule has 3 aromatic rings. The van der Waals surface area contributed by atoms with Crippen LogP contribution in [0.25, 0.3) is 5.69 Å². The molecule has 0 spiro atoms. The third-order valence-corrected chi connectivity index (χ3v) is 4.82. The number of hydrogen-bond acceptors (Lipinski definition) is 5. The Labute approximate surface area is 164 Å². The molecular formula is C18H16ClN5O2S. The third-order valence-electron chi connectivity index (χ3n) is 3.59. The number of carbonyl (C=O) groups is 2. The van der Waals surface area contributed by atoms with Gasteiger partial charge in [0, 0.05) is 0 Å². The molecule has 0 saturated heterocycles. The van der Waals surface area contributed by atoms with Gasteiger partial charge in [-0.15, -0.1) is 11.3 Å². The van der Waals surface area contributed by atoms with Crippen LogP contribution < -0.4 is 10.7 Å². The fourth-order valence-corrected chi connectivity index (χ4v) is 3.22. The molecule has 0 aliphatic carbocycles. The standard InChI is InChI=1S/C18H16ClN5O2S/c1-12-14(17(19)24(23-12)13-6-3-2-4-7-13)10-21-22-16(25)11-20-18(26)15-8-5-9-27-15/h2-10H,11H2,1H3,(H,20,26)(H,22,25)/b21-10+. The molecule has 7 nitrogen and oxygen atoms in total. The number of rotatable bonds is 6. The summed E-state index contributed by atoms with van der Waals surface area (Å²) in [6.45, 7) is 1.62. The molecule has 0 fully saturated rings. The number of benzene rings is 1. The van der Waals surface area contributed by atoms with Crippen LogP contribution in [0.4, 0.5) is 0 Å². The van der Waals surface area contributed by atoms with E-state index in [1.165, 1.54) is 17.6 Å². The van der Waals surface area contributed by atoms with Crippen molar-refractivity contribution in [3.8, 4) is 5.69 Å². The smallest absolute Gasteiger partial charge is 0.261 e. The zero-order valence-corrected chi connectivity index (χ0v) is 15.9. The Kier molecular flexibility index (Phi) is 6.00. The van der Waals surface area contributed by atoms with E-state index in [9.17, 15) is 9.59 Å². The van der Waals surface area contributed by atoms with E-state index in [1.807, 2.05) is 30.3 Å². The van der Waals surface area contributed by atoms with Gasteiger partial charge in [-0.2, -0.15) is 10.2 Å². The topological polar surface area (TPSA) is 88.4 Å². The Bertz CT molecular complexity index is 967. The van der Waals surface area contributed by atoms with E-state index in [1.54, 1.807) is 29.1 Å². The predicted molar refractivity (Wildman–Crippen MR) is 106 cm³/mol. The van der Waals surface area contributed by atoms with Crippen LogP contribution in [0, 0.1) is 6.92 Å². The van der Waals surface area contributed by atoms with Gasteiger partial charge in [0.25, 0.3) is 11.8 Å². The first kappa shape index (κ1) is 18.8. The second kappa shape index (κ2) is 8.61. The number of para-hydroxylation sites is 1. The second-order valence-electron chi connectivity index (χ2n) is 5.49. The highest BCUT2D eigenvalue weighted by Crippen LogP contribution is 2.21. The summed E-state index contributed by atoms with van der Waals surface area (Å²) < 4.78 is 1.60. The van der Waals surface area contributed by atoms with E-state index in [0.29, 0.717) is 21.3 Å². The van der Waals surface area contributed by atoms with Gasteiger partial charge >= 0.3 is 0 Å². The molecule has 0 atom stereocenters. The number of aryl methyl sites for hydroxylation is 1. The maximum atomic E-state index is 11.8. The average Bonchev–Trinajstić information content (AvgIpc) is 3.31. The third kappa shape index (κ3) is 4.60. The SMILES string of the molecule is Cc1nn(-c2ccccc2)c(Cl)c1/C=N/NC(=O)CNC(=O)c1cccs1. The molecule has 0 bridgehead atoms. The summed E-state index contributed by atoms with van der Waals surface area (Å²) in [6.07, 6.45) is 1.43. The summed E-state index contributed by atoms with van der Waals surface area (Å²) in [5.41, 5.74) is 4.46. The lowest BCUT2D eigenvalue weighted by Crippen LogP contribution is -2.34. The van der Waals surface area contributed by atoms with Gasteiger partial charge in [0.05, 0.1) is 34.6 Å². The van der Waals surface area contributed by atoms with Crippen molar-refractivity contribution < 1.29 is 9.59 Å². The summed E-state index contributed by atoms with van der Waals surface area (Å²) in [5, 5.41) is 13.0. The number of hydrazone groups is 1. The number of thiophene rings is 1. The first-order valence-electron chi connectivity index (χ1n) is 8.00. The molecule has 0 aliphatic rings. The van der Waals surface area contributed by atoms with Crippen LogP contribution in [0.2, 0.25) is 5.15 Å². The van der Waals surface area contributed by atoms with Gasteiger partial charge in [0.15, 0.2) is 0 Å². The highest BCUT2D eigenvalue weighted by atomic mass is 35.5. The fourth-order valence-electron chi connectivity index (χ4n) is 2.26. The number of halogens is 1. The van der Waals surface area contributed by atoms with Gasteiger partial charge in [-0.1, -0.05) is 35.9 Å². The first-order chi connectivity index (χ1) is 13.1. The Morgan fingerprint density at radius 3 is 2.74 bits per heavy atom. The molecule has 0 unspecified atom stereocenters. The summed E-state index contributed by atoms with van der Waals surface area (Å²) in [4.78, 5) is 24.1. The van der Waals surface area contributed by atoms with Crippen molar-refractivity contribution in [2.24, 2.45) is 5.10 Å². The maximum Gasteiger partial charge on any atom is 0.261 e. The van der Waals surface area contributed by atoms with Gasteiger partial charge in [0.2, 0.25) is 0 Å². The zero-order chi connectivity index (χ0) is 19.2. The summed E-state index contributed by atoms with van der Waals surface area (Å²) in [7, 11) is 0. The minimum atomic E-state index is -0.444. The molecule has 0 aliphatic heterocycles. The maximum absolute atomic E-state index is 11.8. The number of amides is 2. The highest BCUT2D eigenvalue weighted by molar-refractivity contribution is 7.12. The highest BCUT2D eigenvalue weighted by Gasteiger charge is 2.13. The van der Waals surface area contributed by atoms with E-state index < -0.39 is 5.91 Å². The number of hydrogen-bond donors (Lipinski definition) is 2. The quantitative estimate of drug-likeness (QED) is 0.491. The minimum absolute atomic E-state index is 0.177. The van der Waals surface area contributed by atoms with Crippen LogP contribution in [0.3, 0.4) is 0 Å². The van der Waals surface area contributed by atoms with Crippen molar-refractivity contribution in [3.05, 3.63) is 69.1 Å². The number of nitrogens with one attached hydrogen (secondary N) is 2. The lowest BCUT2D eigenvalue weighted by atomic mass is 10.3. The minimum Gasteiger partial charge on any atom is -0.342 e. The lowest BCUT2D eigenvalue weighted by Gasteiger charge is -2.02. The number of carbonyl (C=O) groups excluding carboxylic acids is 2. The average molecular weight is 402 g/mol. The van der Waals surface area contributed by atoms with Crippen LogP contribution in [0.5, 0.6) is 0 Å².